The van der Waals surface area contributed by atoms with Crippen LogP contribution in [0.15, 0.2) is 30.3 Å². The van der Waals surface area contributed by atoms with Crippen molar-refractivity contribution in [1.82, 2.24) is 14.9 Å². The molecule has 1 fully saturated rings. The van der Waals surface area contributed by atoms with Crippen LogP contribution in [0.3, 0.4) is 0 Å². The Kier molecular flexibility index (Phi) is 4.83. The van der Waals surface area contributed by atoms with Gasteiger partial charge in [0.05, 0.1) is 6.10 Å². The van der Waals surface area contributed by atoms with Crippen molar-refractivity contribution >= 4 is 17.5 Å². The van der Waals surface area contributed by atoms with Gasteiger partial charge in [0.25, 0.3) is 5.91 Å². The van der Waals surface area contributed by atoms with E-state index in [1.807, 2.05) is 19.1 Å². The fourth-order valence-electron chi connectivity index (χ4n) is 2.93. The number of amides is 1. The summed E-state index contributed by atoms with van der Waals surface area (Å²) in [5, 5.41) is 10.3. The predicted molar refractivity (Wildman–Crippen MR) is 92.9 cm³/mol. The summed E-state index contributed by atoms with van der Waals surface area (Å²) in [6, 6.07) is 8.93. The first kappa shape index (κ1) is 16.9. The van der Waals surface area contributed by atoms with Crippen LogP contribution in [0.4, 0.5) is 0 Å². The van der Waals surface area contributed by atoms with E-state index in [4.69, 9.17) is 11.6 Å². The van der Waals surface area contributed by atoms with Crippen LogP contribution in [0.2, 0.25) is 5.02 Å². The molecule has 2 atom stereocenters. The van der Waals surface area contributed by atoms with Gasteiger partial charge in [-0.1, -0.05) is 11.6 Å². The highest BCUT2D eigenvalue weighted by Crippen LogP contribution is 2.23. The Morgan fingerprint density at radius 1 is 1.33 bits per heavy atom. The molecule has 1 aromatic carbocycles. The van der Waals surface area contributed by atoms with Crippen molar-refractivity contribution < 1.29 is 9.90 Å². The average molecular weight is 346 g/mol. The average Bonchev–Trinajstić information content (AvgIpc) is 3.04. The lowest BCUT2D eigenvalue weighted by Gasteiger charge is -2.17. The number of benzene rings is 1. The van der Waals surface area contributed by atoms with Crippen LogP contribution in [0.1, 0.15) is 29.5 Å². The van der Waals surface area contributed by atoms with Crippen molar-refractivity contribution in [3.8, 4) is 11.4 Å². The topological polar surface area (TPSA) is 66.3 Å². The number of aromatic nitrogens is 2. The van der Waals surface area contributed by atoms with Gasteiger partial charge in [0.1, 0.15) is 5.69 Å². The molecule has 1 aliphatic heterocycles. The summed E-state index contributed by atoms with van der Waals surface area (Å²) in [4.78, 5) is 23.4. The van der Waals surface area contributed by atoms with Crippen molar-refractivity contribution in [2.45, 2.75) is 26.4 Å². The summed E-state index contributed by atoms with van der Waals surface area (Å²) in [6.45, 7) is 4.83. The van der Waals surface area contributed by atoms with E-state index in [1.54, 1.807) is 30.0 Å². The molecule has 0 bridgehead atoms. The zero-order valence-corrected chi connectivity index (χ0v) is 14.5. The fraction of sp³-hybridized carbons (Fsp3) is 0.389. The number of hydrogen-bond acceptors (Lipinski definition) is 4. The second kappa shape index (κ2) is 6.87. The second-order valence-electron chi connectivity index (χ2n) is 6.27. The molecule has 0 aliphatic carbocycles. The Morgan fingerprint density at radius 2 is 2.04 bits per heavy atom. The molecule has 0 radical (unpaired) electrons. The molecule has 1 saturated heterocycles. The number of hydrogen-bond donors (Lipinski definition) is 1. The van der Waals surface area contributed by atoms with Gasteiger partial charge in [-0.05, 0) is 50.6 Å². The van der Waals surface area contributed by atoms with E-state index in [-0.39, 0.29) is 11.8 Å². The number of likely N-dealkylation sites (tertiary alicyclic amines) is 1. The first-order valence-electron chi connectivity index (χ1n) is 8.03. The number of aliphatic hydroxyl groups excluding tert-OH is 1. The van der Waals surface area contributed by atoms with Gasteiger partial charge < -0.3 is 10.0 Å². The number of carbonyl (C=O) groups excluding carboxylic acids is 1. The summed E-state index contributed by atoms with van der Waals surface area (Å²) in [6.07, 6.45) is 0.414. The third kappa shape index (κ3) is 3.57. The number of halogens is 1. The van der Waals surface area contributed by atoms with E-state index in [2.05, 4.69) is 9.97 Å². The van der Waals surface area contributed by atoms with Crippen molar-refractivity contribution in [2.24, 2.45) is 5.92 Å². The van der Waals surface area contributed by atoms with E-state index < -0.39 is 6.10 Å². The number of aryl methyl sites for hydroxylation is 1. The molecular formula is C18H20ClN3O2. The molecule has 1 N–H and O–H groups in total. The van der Waals surface area contributed by atoms with Crippen LogP contribution in [-0.2, 0) is 0 Å². The van der Waals surface area contributed by atoms with Crippen molar-refractivity contribution in [3.05, 3.63) is 46.7 Å². The summed E-state index contributed by atoms with van der Waals surface area (Å²) < 4.78 is 0. The van der Waals surface area contributed by atoms with E-state index in [0.29, 0.717) is 29.6 Å². The monoisotopic (exact) mass is 345 g/mol. The second-order valence-corrected chi connectivity index (χ2v) is 6.70. The normalized spacial score (nSPS) is 18.7. The fourth-order valence-corrected chi connectivity index (χ4v) is 3.06. The number of rotatable bonds is 3. The molecule has 1 amide bonds. The molecule has 1 aliphatic rings. The summed E-state index contributed by atoms with van der Waals surface area (Å²) >= 11 is 5.92. The van der Waals surface area contributed by atoms with Crippen molar-refractivity contribution in [2.75, 3.05) is 13.1 Å². The van der Waals surface area contributed by atoms with Crippen LogP contribution in [0.25, 0.3) is 11.4 Å². The van der Waals surface area contributed by atoms with Crippen molar-refractivity contribution in [1.29, 1.82) is 0 Å². The minimum atomic E-state index is -0.403. The third-order valence-corrected chi connectivity index (χ3v) is 4.62. The van der Waals surface area contributed by atoms with Gasteiger partial charge >= 0.3 is 0 Å². The third-order valence-electron chi connectivity index (χ3n) is 4.37. The van der Waals surface area contributed by atoms with Crippen molar-refractivity contribution in [3.63, 3.8) is 0 Å². The Morgan fingerprint density at radius 3 is 2.67 bits per heavy atom. The van der Waals surface area contributed by atoms with Gasteiger partial charge in [-0.2, -0.15) is 0 Å². The SMILES string of the molecule is Cc1cc(C(=O)N2CCC(C(C)O)C2)nc(-c2ccc(Cl)cc2)n1. The van der Waals surface area contributed by atoms with Gasteiger partial charge in [-0.25, -0.2) is 9.97 Å². The first-order valence-corrected chi connectivity index (χ1v) is 8.41. The summed E-state index contributed by atoms with van der Waals surface area (Å²) in [7, 11) is 0. The van der Waals surface area contributed by atoms with Gasteiger partial charge in [-0.3, -0.25) is 4.79 Å². The highest BCUT2D eigenvalue weighted by atomic mass is 35.5. The Hall–Kier alpha value is -1.98. The minimum Gasteiger partial charge on any atom is -0.393 e. The van der Waals surface area contributed by atoms with E-state index >= 15 is 0 Å². The maximum absolute atomic E-state index is 12.7. The lowest BCUT2D eigenvalue weighted by molar-refractivity contribution is 0.0756. The van der Waals surface area contributed by atoms with Crippen LogP contribution in [0.5, 0.6) is 0 Å². The molecular weight excluding hydrogens is 326 g/mol. The number of nitrogens with zero attached hydrogens (tertiary/aromatic N) is 3. The van der Waals surface area contributed by atoms with Crippen LogP contribution < -0.4 is 0 Å². The number of aliphatic hydroxyl groups is 1. The van der Waals surface area contributed by atoms with E-state index in [0.717, 1.165) is 17.7 Å². The molecule has 24 heavy (non-hydrogen) atoms. The highest BCUT2D eigenvalue weighted by Gasteiger charge is 2.30. The Labute approximate surface area is 146 Å². The molecule has 0 spiro atoms. The van der Waals surface area contributed by atoms with Gasteiger partial charge in [-0.15, -0.1) is 0 Å². The molecule has 1 aromatic heterocycles. The number of carbonyl (C=O) groups is 1. The standard InChI is InChI=1S/C18H20ClN3O2/c1-11-9-16(18(24)22-8-7-14(10-22)12(2)23)21-17(20-11)13-3-5-15(19)6-4-13/h3-6,9,12,14,23H,7-8,10H2,1-2H3. The Bertz CT molecular complexity index is 746. The quantitative estimate of drug-likeness (QED) is 0.928. The predicted octanol–water partition coefficient (Wildman–Crippen LogP) is 2.95. The van der Waals surface area contributed by atoms with Crippen LogP contribution in [0, 0.1) is 12.8 Å². The van der Waals surface area contributed by atoms with E-state index in [9.17, 15) is 9.90 Å². The molecule has 0 saturated carbocycles. The van der Waals surface area contributed by atoms with E-state index in [1.165, 1.54) is 0 Å². The Balaban J connectivity index is 1.86. The molecule has 3 rings (SSSR count). The highest BCUT2D eigenvalue weighted by molar-refractivity contribution is 6.30. The molecule has 2 heterocycles. The largest absolute Gasteiger partial charge is 0.393 e. The van der Waals surface area contributed by atoms with Crippen LogP contribution in [-0.4, -0.2) is 45.1 Å². The molecule has 126 valence electrons. The molecule has 2 unspecified atom stereocenters. The zero-order valence-electron chi connectivity index (χ0n) is 13.7. The summed E-state index contributed by atoms with van der Waals surface area (Å²) in [5.41, 5.74) is 1.95. The summed E-state index contributed by atoms with van der Waals surface area (Å²) in [5.74, 6) is 0.535. The lowest BCUT2D eigenvalue weighted by Crippen LogP contribution is -2.31. The molecule has 6 heteroatoms. The maximum atomic E-state index is 12.7. The minimum absolute atomic E-state index is 0.112. The molecule has 2 aromatic rings. The maximum Gasteiger partial charge on any atom is 0.272 e. The first-order chi connectivity index (χ1) is 11.4. The molecule has 5 nitrogen and oxygen atoms in total. The van der Waals surface area contributed by atoms with Crippen LogP contribution >= 0.6 is 11.6 Å². The van der Waals surface area contributed by atoms with Gasteiger partial charge in [0.2, 0.25) is 0 Å². The zero-order chi connectivity index (χ0) is 17.3. The van der Waals surface area contributed by atoms with Gasteiger partial charge in [0.15, 0.2) is 5.82 Å². The lowest BCUT2D eigenvalue weighted by atomic mass is 10.0. The smallest absolute Gasteiger partial charge is 0.272 e. The van der Waals surface area contributed by atoms with Gasteiger partial charge in [0, 0.05) is 35.3 Å².